The predicted octanol–water partition coefficient (Wildman–Crippen LogP) is 0.131. The minimum atomic E-state index is -1.94. The largest absolute Gasteiger partial charge is 0.392 e. The van der Waals surface area contributed by atoms with Gasteiger partial charge in [-0.1, -0.05) is 0 Å². The van der Waals surface area contributed by atoms with Gasteiger partial charge >= 0.3 is 0 Å². The summed E-state index contributed by atoms with van der Waals surface area (Å²) in [6, 6.07) is 0. The van der Waals surface area contributed by atoms with Gasteiger partial charge in [0.1, 0.15) is 0 Å². The summed E-state index contributed by atoms with van der Waals surface area (Å²) in [5.74, 6) is -2.46. The molecular weight excluding hydrogens is 248 g/mol. The third kappa shape index (κ3) is 1.41. The molecule has 5 nitrogen and oxygen atoms in total. The molecule has 0 aromatic rings. The van der Waals surface area contributed by atoms with Crippen LogP contribution in [0.3, 0.4) is 0 Å². The first-order valence-electron chi connectivity index (χ1n) is 6.69. The number of rotatable bonds is 1. The number of carbonyl (C=O) groups is 1. The predicted molar refractivity (Wildman–Crippen MR) is 66.0 cm³/mol. The molecule has 1 spiro atoms. The number of Topliss-reactive ketones (excluding diaryl/α,β-unsaturated/α-hetero) is 1. The van der Waals surface area contributed by atoms with E-state index in [9.17, 15) is 20.1 Å². The van der Waals surface area contributed by atoms with Crippen LogP contribution in [0.4, 0.5) is 0 Å². The molecule has 3 rings (SSSR count). The number of carbonyl (C=O) groups excluding carboxylic acids is 1. The highest BCUT2D eigenvalue weighted by Crippen LogP contribution is 2.75. The Morgan fingerprint density at radius 2 is 2.11 bits per heavy atom. The first kappa shape index (κ1) is 13.2. The lowest BCUT2D eigenvalue weighted by Crippen LogP contribution is -2.57. The molecule has 0 amide bonds. The highest BCUT2D eigenvalue weighted by atomic mass is 16.7. The molecule has 2 saturated carbocycles. The Balaban J connectivity index is 2.05. The van der Waals surface area contributed by atoms with Crippen molar-refractivity contribution in [3.05, 3.63) is 11.6 Å². The van der Waals surface area contributed by atoms with Gasteiger partial charge in [-0.15, -0.1) is 0 Å². The first-order valence-corrected chi connectivity index (χ1v) is 6.69. The summed E-state index contributed by atoms with van der Waals surface area (Å²) in [6.07, 6.45) is 0.538. The van der Waals surface area contributed by atoms with Gasteiger partial charge in [0.15, 0.2) is 0 Å². The van der Waals surface area contributed by atoms with E-state index < -0.39 is 34.8 Å². The van der Waals surface area contributed by atoms with Gasteiger partial charge in [0.2, 0.25) is 11.6 Å². The monoisotopic (exact) mass is 268 g/mol. The summed E-state index contributed by atoms with van der Waals surface area (Å²) in [6.45, 7) is 5.20. The molecule has 1 saturated heterocycles. The Morgan fingerprint density at radius 3 is 2.63 bits per heavy atom. The van der Waals surface area contributed by atoms with E-state index in [0.717, 1.165) is 0 Å². The molecule has 0 aromatic heterocycles. The van der Waals surface area contributed by atoms with E-state index in [1.54, 1.807) is 0 Å². The van der Waals surface area contributed by atoms with Crippen molar-refractivity contribution in [1.82, 2.24) is 0 Å². The summed E-state index contributed by atoms with van der Waals surface area (Å²) < 4.78 is 5.61. The molecule has 5 unspecified atom stereocenters. The Morgan fingerprint density at radius 1 is 1.47 bits per heavy atom. The molecule has 106 valence electrons. The fourth-order valence-corrected chi connectivity index (χ4v) is 4.05. The van der Waals surface area contributed by atoms with Crippen molar-refractivity contribution in [3.63, 3.8) is 0 Å². The molecule has 0 radical (unpaired) electrons. The number of hydrogen-bond acceptors (Lipinski definition) is 5. The number of ketones is 1. The summed E-state index contributed by atoms with van der Waals surface area (Å²) >= 11 is 0. The Bertz CT molecular complexity index is 480. The second-order valence-electron chi connectivity index (χ2n) is 6.63. The fraction of sp³-hybridized carbons (Fsp3) is 0.786. The van der Waals surface area contributed by atoms with Gasteiger partial charge in [-0.25, -0.2) is 0 Å². The molecule has 3 aliphatic rings. The second-order valence-corrected chi connectivity index (χ2v) is 6.63. The van der Waals surface area contributed by atoms with E-state index in [-0.39, 0.29) is 17.9 Å². The van der Waals surface area contributed by atoms with Gasteiger partial charge in [-0.05, 0) is 33.3 Å². The van der Waals surface area contributed by atoms with Gasteiger partial charge in [0, 0.05) is 17.9 Å². The molecule has 3 N–H and O–H groups in total. The van der Waals surface area contributed by atoms with Crippen LogP contribution in [0, 0.1) is 11.3 Å². The molecule has 3 fully saturated rings. The molecule has 1 aliphatic heterocycles. The number of ether oxygens (including phenoxy) is 1. The van der Waals surface area contributed by atoms with Crippen molar-refractivity contribution >= 4 is 5.78 Å². The first-order chi connectivity index (χ1) is 8.65. The van der Waals surface area contributed by atoms with Crippen LogP contribution >= 0.6 is 0 Å². The lowest BCUT2D eigenvalue weighted by molar-refractivity contribution is -0.255. The number of aliphatic hydroxyl groups is 3. The van der Waals surface area contributed by atoms with Crippen LogP contribution < -0.4 is 0 Å². The van der Waals surface area contributed by atoms with E-state index in [1.807, 2.05) is 13.8 Å². The van der Waals surface area contributed by atoms with Crippen molar-refractivity contribution in [2.24, 2.45) is 11.3 Å². The normalized spacial score (nSPS) is 50.8. The van der Waals surface area contributed by atoms with Crippen molar-refractivity contribution in [2.45, 2.75) is 57.2 Å². The van der Waals surface area contributed by atoms with E-state index in [0.29, 0.717) is 6.42 Å². The quantitative estimate of drug-likeness (QED) is 0.588. The summed E-state index contributed by atoms with van der Waals surface area (Å²) in [5, 5.41) is 30.5. The van der Waals surface area contributed by atoms with E-state index in [1.165, 1.54) is 13.0 Å². The topological polar surface area (TPSA) is 87.0 Å². The molecule has 0 aromatic carbocycles. The number of hydrogen-bond donors (Lipinski definition) is 3. The smallest absolute Gasteiger partial charge is 0.240 e. The fourth-order valence-electron chi connectivity index (χ4n) is 4.05. The minimum Gasteiger partial charge on any atom is -0.392 e. The Kier molecular flexibility index (Phi) is 2.42. The molecular formula is C14H20O5. The van der Waals surface area contributed by atoms with Gasteiger partial charge < -0.3 is 20.1 Å². The molecule has 1 heterocycles. The zero-order chi connectivity index (χ0) is 14.2. The van der Waals surface area contributed by atoms with Crippen LogP contribution in [0.25, 0.3) is 0 Å². The average Bonchev–Trinajstić information content (AvgIpc) is 2.97. The summed E-state index contributed by atoms with van der Waals surface area (Å²) in [5.41, 5.74) is -1.23. The molecule has 5 atom stereocenters. The third-order valence-electron chi connectivity index (χ3n) is 4.93. The molecule has 19 heavy (non-hydrogen) atoms. The SMILES string of the molecule is CC(O)C=C1CC(O)C23CC2C(C)(C)OC3(O)C1=O. The van der Waals surface area contributed by atoms with Crippen LogP contribution in [-0.4, -0.2) is 44.7 Å². The maximum Gasteiger partial charge on any atom is 0.240 e. The summed E-state index contributed by atoms with van der Waals surface area (Å²) in [4.78, 5) is 12.5. The van der Waals surface area contributed by atoms with Gasteiger partial charge in [-0.2, -0.15) is 0 Å². The van der Waals surface area contributed by atoms with Gasteiger partial charge in [0.05, 0.1) is 23.2 Å². The second kappa shape index (κ2) is 3.47. The van der Waals surface area contributed by atoms with Crippen LogP contribution in [0.2, 0.25) is 0 Å². The van der Waals surface area contributed by atoms with Crippen LogP contribution in [0.1, 0.15) is 33.6 Å². The van der Waals surface area contributed by atoms with Crippen molar-refractivity contribution in [2.75, 3.05) is 0 Å². The third-order valence-corrected chi connectivity index (χ3v) is 4.93. The van der Waals surface area contributed by atoms with Crippen LogP contribution in [0.5, 0.6) is 0 Å². The highest BCUT2D eigenvalue weighted by Gasteiger charge is 2.84. The van der Waals surface area contributed by atoms with Crippen LogP contribution in [0.15, 0.2) is 11.6 Å². The van der Waals surface area contributed by atoms with Crippen molar-refractivity contribution < 1.29 is 24.9 Å². The van der Waals surface area contributed by atoms with E-state index in [2.05, 4.69) is 0 Å². The van der Waals surface area contributed by atoms with Gasteiger partial charge in [-0.3, -0.25) is 4.79 Å². The maximum atomic E-state index is 12.5. The van der Waals surface area contributed by atoms with Crippen molar-refractivity contribution in [3.8, 4) is 0 Å². The molecule has 2 aliphatic carbocycles. The molecule has 5 heteroatoms. The maximum absolute atomic E-state index is 12.5. The van der Waals surface area contributed by atoms with Crippen LogP contribution in [-0.2, 0) is 9.53 Å². The van der Waals surface area contributed by atoms with Crippen molar-refractivity contribution in [1.29, 1.82) is 0 Å². The zero-order valence-electron chi connectivity index (χ0n) is 11.4. The summed E-state index contributed by atoms with van der Waals surface area (Å²) in [7, 11) is 0. The Labute approximate surface area is 111 Å². The number of aliphatic hydroxyl groups excluding tert-OH is 2. The van der Waals surface area contributed by atoms with E-state index in [4.69, 9.17) is 4.74 Å². The zero-order valence-corrected chi connectivity index (χ0v) is 11.4. The Hall–Kier alpha value is -0.750. The molecule has 0 bridgehead atoms. The standard InChI is InChI=1S/C14H20O5/c1-7(15)4-8-5-10(16)13-6-9(13)12(2,3)19-14(13,18)11(8)17/h4,7,9-10,15-16,18H,5-6H2,1-3H3. The lowest BCUT2D eigenvalue weighted by atomic mass is 9.73. The average molecular weight is 268 g/mol. The highest BCUT2D eigenvalue weighted by molar-refractivity contribution is 6.03. The van der Waals surface area contributed by atoms with E-state index >= 15 is 0 Å². The lowest BCUT2D eigenvalue weighted by Gasteiger charge is -2.40. The minimum absolute atomic E-state index is 0.00273. The van der Waals surface area contributed by atoms with Gasteiger partial charge in [0.25, 0.3) is 0 Å².